The highest BCUT2D eigenvalue weighted by atomic mass is 16.6. The van der Waals surface area contributed by atoms with E-state index in [4.69, 9.17) is 9.47 Å². The van der Waals surface area contributed by atoms with Crippen LogP contribution in [-0.2, 0) is 14.3 Å². The Hall–Kier alpha value is -0.730. The van der Waals surface area contributed by atoms with Gasteiger partial charge >= 0.3 is 0 Å². The predicted molar refractivity (Wildman–Crippen MR) is 66.2 cm³/mol. The van der Waals surface area contributed by atoms with Crippen LogP contribution in [0.15, 0.2) is 0 Å². The van der Waals surface area contributed by atoms with Gasteiger partial charge in [-0.15, -0.1) is 0 Å². The van der Waals surface area contributed by atoms with Gasteiger partial charge in [-0.3, -0.25) is 4.79 Å². The second-order valence-electron chi connectivity index (χ2n) is 5.51. The zero-order valence-electron chi connectivity index (χ0n) is 11.7. The molecule has 112 valence electrons. The van der Waals surface area contributed by atoms with Crippen molar-refractivity contribution in [3.05, 3.63) is 0 Å². The van der Waals surface area contributed by atoms with Crippen LogP contribution < -0.4 is 5.32 Å². The van der Waals surface area contributed by atoms with Gasteiger partial charge in [-0.05, 0) is 20.8 Å². The molecule has 0 spiro atoms. The van der Waals surface area contributed by atoms with E-state index in [2.05, 4.69) is 5.32 Å². The summed E-state index contributed by atoms with van der Waals surface area (Å²) in [4.78, 5) is 11.8. The van der Waals surface area contributed by atoms with E-state index in [-0.39, 0.29) is 6.42 Å². The van der Waals surface area contributed by atoms with E-state index in [9.17, 15) is 20.1 Å². The Kier molecular flexibility index (Phi) is 5.28. The molecule has 0 aromatic carbocycles. The van der Waals surface area contributed by atoms with Gasteiger partial charge < -0.3 is 30.1 Å². The second kappa shape index (κ2) is 6.15. The van der Waals surface area contributed by atoms with Crippen LogP contribution in [0.4, 0.5) is 0 Å². The van der Waals surface area contributed by atoms with Crippen molar-refractivity contribution in [2.45, 2.75) is 63.4 Å². The first-order valence-electron chi connectivity index (χ1n) is 6.22. The fourth-order valence-electron chi connectivity index (χ4n) is 2.12. The summed E-state index contributed by atoms with van der Waals surface area (Å²) in [5.74, 6) is -0.404. The highest BCUT2D eigenvalue weighted by molar-refractivity contribution is 5.77. The molecule has 0 aromatic heterocycles. The minimum Gasteiger partial charge on any atom is -0.390 e. The Morgan fingerprint density at radius 3 is 2.47 bits per heavy atom. The number of hydrogen-bond acceptors (Lipinski definition) is 6. The molecule has 0 saturated carbocycles. The van der Waals surface area contributed by atoms with Gasteiger partial charge in [-0.25, -0.2) is 0 Å². The molecule has 7 nitrogen and oxygen atoms in total. The van der Waals surface area contributed by atoms with Gasteiger partial charge in [0.2, 0.25) is 5.91 Å². The van der Waals surface area contributed by atoms with Crippen molar-refractivity contribution in [2.75, 3.05) is 7.11 Å². The molecular weight excluding hydrogens is 254 g/mol. The molecule has 1 rings (SSSR count). The van der Waals surface area contributed by atoms with Gasteiger partial charge in [-0.1, -0.05) is 0 Å². The standard InChI is InChI=1S/C12H23NO6/c1-6-8(13-7(14)5-12(2,3)17)9(15)10(18-4)11(16)19-6/h6,8-11,15-17H,5H2,1-4H3,(H,13,14). The topological polar surface area (TPSA) is 108 Å². The quantitative estimate of drug-likeness (QED) is 0.511. The van der Waals surface area contributed by atoms with Gasteiger partial charge in [-0.2, -0.15) is 0 Å². The maximum absolute atomic E-state index is 11.8. The third-order valence-electron chi connectivity index (χ3n) is 3.04. The maximum atomic E-state index is 11.8. The lowest BCUT2D eigenvalue weighted by atomic mass is 9.96. The van der Waals surface area contributed by atoms with Crippen LogP contribution in [0.2, 0.25) is 0 Å². The summed E-state index contributed by atoms with van der Waals surface area (Å²) < 4.78 is 10.1. The number of carbonyl (C=O) groups excluding carboxylic acids is 1. The summed E-state index contributed by atoms with van der Waals surface area (Å²) in [6.45, 7) is 4.67. The SMILES string of the molecule is COC1C(O)OC(C)C(NC(=O)CC(C)(C)O)C1O. The van der Waals surface area contributed by atoms with Crippen LogP contribution in [0.3, 0.4) is 0 Å². The molecule has 0 bridgehead atoms. The smallest absolute Gasteiger partial charge is 0.223 e. The highest BCUT2D eigenvalue weighted by Crippen LogP contribution is 2.22. The summed E-state index contributed by atoms with van der Waals surface area (Å²) in [7, 11) is 1.34. The molecular formula is C12H23NO6. The molecule has 5 unspecified atom stereocenters. The molecule has 5 atom stereocenters. The lowest BCUT2D eigenvalue weighted by Crippen LogP contribution is -2.63. The van der Waals surface area contributed by atoms with Crippen molar-refractivity contribution >= 4 is 5.91 Å². The van der Waals surface area contributed by atoms with E-state index in [0.717, 1.165) is 0 Å². The lowest BCUT2D eigenvalue weighted by molar-refractivity contribution is -0.259. The van der Waals surface area contributed by atoms with Gasteiger partial charge in [0, 0.05) is 7.11 Å². The molecule has 7 heteroatoms. The Labute approximate surface area is 112 Å². The third-order valence-corrected chi connectivity index (χ3v) is 3.04. The zero-order valence-corrected chi connectivity index (χ0v) is 11.7. The van der Waals surface area contributed by atoms with Crippen LogP contribution in [0.25, 0.3) is 0 Å². The minimum absolute atomic E-state index is 0.0941. The van der Waals surface area contributed by atoms with Crippen LogP contribution in [-0.4, -0.2) is 64.6 Å². The van der Waals surface area contributed by atoms with Gasteiger partial charge in [0.05, 0.1) is 24.2 Å². The molecule has 0 aromatic rings. The molecule has 19 heavy (non-hydrogen) atoms. The van der Waals surface area contributed by atoms with Crippen molar-refractivity contribution in [2.24, 2.45) is 0 Å². The van der Waals surface area contributed by atoms with E-state index in [1.807, 2.05) is 0 Å². The van der Waals surface area contributed by atoms with Crippen molar-refractivity contribution in [3.63, 3.8) is 0 Å². The third kappa shape index (κ3) is 4.39. The van der Waals surface area contributed by atoms with Crippen LogP contribution in [0.5, 0.6) is 0 Å². The van der Waals surface area contributed by atoms with Crippen molar-refractivity contribution in [3.8, 4) is 0 Å². The van der Waals surface area contributed by atoms with Crippen LogP contribution in [0, 0.1) is 0 Å². The maximum Gasteiger partial charge on any atom is 0.223 e. The molecule has 1 amide bonds. The summed E-state index contributed by atoms with van der Waals surface area (Å²) in [6.07, 6.45) is -3.92. The second-order valence-corrected chi connectivity index (χ2v) is 5.51. The molecule has 0 radical (unpaired) electrons. The van der Waals surface area contributed by atoms with Crippen LogP contribution in [0.1, 0.15) is 27.2 Å². The van der Waals surface area contributed by atoms with Gasteiger partial charge in [0.25, 0.3) is 0 Å². The highest BCUT2D eigenvalue weighted by Gasteiger charge is 2.43. The molecule has 1 heterocycles. The molecule has 4 N–H and O–H groups in total. The summed E-state index contributed by atoms with van der Waals surface area (Å²) in [6, 6.07) is -0.705. The predicted octanol–water partition coefficient (Wildman–Crippen LogP) is -1.25. The molecule has 1 saturated heterocycles. The average Bonchev–Trinajstić information content (AvgIpc) is 2.22. The van der Waals surface area contributed by atoms with Crippen molar-refractivity contribution < 1.29 is 29.6 Å². The Morgan fingerprint density at radius 2 is 2.00 bits per heavy atom. The number of ether oxygens (including phenoxy) is 2. The van der Waals surface area contributed by atoms with Crippen LogP contribution >= 0.6 is 0 Å². The number of aliphatic hydroxyl groups is 3. The Balaban J connectivity index is 2.68. The summed E-state index contributed by atoms with van der Waals surface area (Å²) in [5.41, 5.74) is -1.13. The fourth-order valence-corrected chi connectivity index (χ4v) is 2.12. The zero-order chi connectivity index (χ0) is 14.8. The molecule has 1 aliphatic heterocycles. The number of aliphatic hydroxyl groups excluding tert-OH is 2. The normalized spacial score (nSPS) is 36.1. The van der Waals surface area contributed by atoms with E-state index < -0.39 is 42.2 Å². The first kappa shape index (κ1) is 16.3. The molecule has 1 aliphatic rings. The average molecular weight is 277 g/mol. The van der Waals surface area contributed by atoms with E-state index >= 15 is 0 Å². The van der Waals surface area contributed by atoms with Gasteiger partial charge in [0.15, 0.2) is 6.29 Å². The fraction of sp³-hybridized carbons (Fsp3) is 0.917. The molecule has 1 fully saturated rings. The van der Waals surface area contributed by atoms with E-state index in [0.29, 0.717) is 0 Å². The number of methoxy groups -OCH3 is 1. The number of nitrogens with one attached hydrogen (secondary N) is 1. The van der Waals surface area contributed by atoms with E-state index in [1.165, 1.54) is 21.0 Å². The monoisotopic (exact) mass is 277 g/mol. The summed E-state index contributed by atoms with van der Waals surface area (Å²) >= 11 is 0. The van der Waals surface area contributed by atoms with E-state index in [1.54, 1.807) is 6.92 Å². The summed E-state index contributed by atoms with van der Waals surface area (Å²) in [5, 5.41) is 31.8. The number of rotatable bonds is 4. The van der Waals surface area contributed by atoms with Gasteiger partial charge in [0.1, 0.15) is 12.2 Å². The van der Waals surface area contributed by atoms with Crippen molar-refractivity contribution in [1.82, 2.24) is 5.32 Å². The Bertz CT molecular complexity index is 316. The number of hydrogen-bond donors (Lipinski definition) is 4. The number of amides is 1. The first-order chi connectivity index (χ1) is 8.65. The number of carbonyl (C=O) groups is 1. The lowest BCUT2D eigenvalue weighted by Gasteiger charge is -2.41. The minimum atomic E-state index is -1.24. The Morgan fingerprint density at radius 1 is 1.42 bits per heavy atom. The first-order valence-corrected chi connectivity index (χ1v) is 6.22. The largest absolute Gasteiger partial charge is 0.390 e. The van der Waals surface area contributed by atoms with Crippen molar-refractivity contribution in [1.29, 1.82) is 0 Å². The molecule has 0 aliphatic carbocycles.